The van der Waals surface area contributed by atoms with E-state index in [9.17, 15) is 4.79 Å². The second-order valence-corrected chi connectivity index (χ2v) is 5.83. The second-order valence-electron chi connectivity index (χ2n) is 5.83. The molecule has 3 nitrogen and oxygen atoms in total. The summed E-state index contributed by atoms with van der Waals surface area (Å²) in [5.41, 5.74) is 6.98. The molecule has 0 bridgehead atoms. The van der Waals surface area contributed by atoms with E-state index in [4.69, 9.17) is 0 Å². The molecule has 0 spiro atoms. The first-order chi connectivity index (χ1) is 10.5. The predicted molar refractivity (Wildman–Crippen MR) is 92.2 cm³/mol. The van der Waals surface area contributed by atoms with Gasteiger partial charge in [0.15, 0.2) is 0 Å². The van der Waals surface area contributed by atoms with E-state index in [0.717, 1.165) is 11.3 Å². The second kappa shape index (κ2) is 7.12. The van der Waals surface area contributed by atoms with Crippen LogP contribution in [0.25, 0.3) is 0 Å². The van der Waals surface area contributed by atoms with Crippen LogP contribution in [0.3, 0.4) is 0 Å². The zero-order chi connectivity index (χ0) is 16.1. The normalized spacial score (nSPS) is 10.4. The number of nitrogens with one attached hydrogen (secondary N) is 2. The molecule has 0 saturated carbocycles. The summed E-state index contributed by atoms with van der Waals surface area (Å²) in [6.45, 7) is 9.12. The first kappa shape index (κ1) is 16.1. The Balaban J connectivity index is 1.90. The lowest BCUT2D eigenvalue weighted by molar-refractivity contribution is -0.119. The molecule has 0 aliphatic rings. The Bertz CT molecular complexity index is 654. The van der Waals surface area contributed by atoms with Gasteiger partial charge in [0.25, 0.3) is 0 Å². The number of carbonyl (C=O) groups excluding carboxylic acids is 1. The van der Waals surface area contributed by atoms with Gasteiger partial charge >= 0.3 is 0 Å². The zero-order valence-corrected chi connectivity index (χ0v) is 13.8. The van der Waals surface area contributed by atoms with E-state index in [2.05, 4.69) is 56.5 Å². The van der Waals surface area contributed by atoms with Gasteiger partial charge in [0.2, 0.25) is 5.91 Å². The van der Waals surface area contributed by atoms with Gasteiger partial charge in [-0.2, -0.15) is 0 Å². The number of amides is 1. The van der Waals surface area contributed by atoms with Gasteiger partial charge in [-0.3, -0.25) is 4.79 Å². The number of rotatable bonds is 5. The van der Waals surface area contributed by atoms with Crippen molar-refractivity contribution in [3.8, 4) is 0 Å². The molecule has 0 atom stereocenters. The number of benzene rings is 2. The number of hydrogen-bond acceptors (Lipinski definition) is 2. The third-order valence-electron chi connectivity index (χ3n) is 3.84. The van der Waals surface area contributed by atoms with Crippen molar-refractivity contribution in [3.05, 3.63) is 64.2 Å². The van der Waals surface area contributed by atoms with E-state index in [-0.39, 0.29) is 12.5 Å². The van der Waals surface area contributed by atoms with Crippen LogP contribution in [0.1, 0.15) is 27.8 Å². The molecule has 22 heavy (non-hydrogen) atoms. The summed E-state index contributed by atoms with van der Waals surface area (Å²) < 4.78 is 0. The molecule has 0 aromatic heterocycles. The molecule has 116 valence electrons. The maximum absolute atomic E-state index is 12.0. The number of hydrogen-bond donors (Lipinski definition) is 2. The topological polar surface area (TPSA) is 41.1 Å². The van der Waals surface area contributed by atoms with Crippen LogP contribution < -0.4 is 10.6 Å². The highest BCUT2D eigenvalue weighted by molar-refractivity contribution is 5.81. The minimum absolute atomic E-state index is 0.00243. The minimum Gasteiger partial charge on any atom is -0.376 e. The molecule has 2 aromatic carbocycles. The molecule has 2 rings (SSSR count). The number of aryl methyl sites for hydroxylation is 4. The molecule has 0 aliphatic carbocycles. The molecule has 0 saturated heterocycles. The quantitative estimate of drug-likeness (QED) is 0.884. The van der Waals surface area contributed by atoms with Crippen molar-refractivity contribution < 1.29 is 4.79 Å². The summed E-state index contributed by atoms with van der Waals surface area (Å²) in [5, 5.41) is 6.21. The van der Waals surface area contributed by atoms with Crippen LogP contribution in [-0.2, 0) is 11.3 Å². The van der Waals surface area contributed by atoms with Crippen LogP contribution in [0.4, 0.5) is 5.69 Å². The lowest BCUT2D eigenvalue weighted by Crippen LogP contribution is -2.29. The molecule has 0 unspecified atom stereocenters. The third-order valence-corrected chi connectivity index (χ3v) is 3.84. The Kier molecular flexibility index (Phi) is 5.21. The molecule has 2 aromatic rings. The Hall–Kier alpha value is -2.29. The Morgan fingerprint density at radius 1 is 0.955 bits per heavy atom. The maximum Gasteiger partial charge on any atom is 0.239 e. The smallest absolute Gasteiger partial charge is 0.239 e. The molecule has 1 amide bonds. The summed E-state index contributed by atoms with van der Waals surface area (Å²) in [6.07, 6.45) is 0. The summed E-state index contributed by atoms with van der Waals surface area (Å²) in [4.78, 5) is 12.0. The Labute approximate surface area is 132 Å². The Morgan fingerprint density at radius 2 is 1.59 bits per heavy atom. The molecule has 0 aliphatic heterocycles. The van der Waals surface area contributed by atoms with E-state index in [1.807, 2.05) is 18.2 Å². The van der Waals surface area contributed by atoms with E-state index in [0.29, 0.717) is 6.54 Å². The van der Waals surface area contributed by atoms with Crippen molar-refractivity contribution in [2.45, 2.75) is 34.2 Å². The van der Waals surface area contributed by atoms with Gasteiger partial charge in [0.05, 0.1) is 6.54 Å². The average Bonchev–Trinajstić information content (AvgIpc) is 2.45. The summed E-state index contributed by atoms with van der Waals surface area (Å²) >= 11 is 0. The fourth-order valence-corrected chi connectivity index (χ4v) is 2.69. The van der Waals surface area contributed by atoms with Crippen LogP contribution in [0, 0.1) is 27.7 Å². The molecule has 0 heterocycles. The van der Waals surface area contributed by atoms with Crippen molar-refractivity contribution in [1.82, 2.24) is 5.32 Å². The summed E-state index contributed by atoms with van der Waals surface area (Å²) in [7, 11) is 0. The van der Waals surface area contributed by atoms with Crippen molar-refractivity contribution in [2.75, 3.05) is 11.9 Å². The van der Waals surface area contributed by atoms with Gasteiger partial charge in [-0.1, -0.05) is 42.0 Å². The molecule has 0 radical (unpaired) electrons. The molecule has 2 N–H and O–H groups in total. The fraction of sp³-hybridized carbons (Fsp3) is 0.316. The van der Waals surface area contributed by atoms with Gasteiger partial charge in [0, 0.05) is 12.2 Å². The highest BCUT2D eigenvalue weighted by Gasteiger charge is 2.06. The fourth-order valence-electron chi connectivity index (χ4n) is 2.69. The third kappa shape index (κ3) is 4.10. The summed E-state index contributed by atoms with van der Waals surface area (Å²) in [6, 6.07) is 12.3. The lowest BCUT2D eigenvalue weighted by Gasteiger charge is -2.14. The first-order valence-corrected chi connectivity index (χ1v) is 7.60. The van der Waals surface area contributed by atoms with Gasteiger partial charge in [0.1, 0.15) is 0 Å². The first-order valence-electron chi connectivity index (χ1n) is 7.60. The number of carbonyl (C=O) groups is 1. The molecular weight excluding hydrogens is 272 g/mol. The zero-order valence-electron chi connectivity index (χ0n) is 13.8. The highest BCUT2D eigenvalue weighted by atomic mass is 16.1. The van der Waals surface area contributed by atoms with Crippen molar-refractivity contribution in [2.24, 2.45) is 0 Å². The summed E-state index contributed by atoms with van der Waals surface area (Å²) in [5.74, 6) is 0.00243. The molecule has 0 fully saturated rings. The number of anilines is 1. The predicted octanol–water partition coefficient (Wildman–Crippen LogP) is 3.65. The van der Waals surface area contributed by atoms with E-state index >= 15 is 0 Å². The van der Waals surface area contributed by atoms with Gasteiger partial charge in [-0.05, 0) is 49.9 Å². The molecule has 3 heteroatoms. The largest absolute Gasteiger partial charge is 0.376 e. The van der Waals surface area contributed by atoms with Gasteiger partial charge in [-0.25, -0.2) is 0 Å². The standard InChI is InChI=1S/C19H24N2O/c1-13-9-15(3)19(16(4)10-13)21-12-18(22)20-11-17-8-6-5-7-14(17)2/h5-10,21H,11-12H2,1-4H3,(H,20,22). The SMILES string of the molecule is Cc1cc(C)c(NCC(=O)NCc2ccccc2C)c(C)c1. The molecular formula is C19H24N2O. The van der Waals surface area contributed by atoms with Crippen molar-refractivity contribution in [1.29, 1.82) is 0 Å². The van der Waals surface area contributed by atoms with E-state index in [1.165, 1.54) is 22.3 Å². The maximum atomic E-state index is 12.0. The van der Waals surface area contributed by atoms with Crippen LogP contribution >= 0.6 is 0 Å². The monoisotopic (exact) mass is 296 g/mol. The lowest BCUT2D eigenvalue weighted by atomic mass is 10.1. The van der Waals surface area contributed by atoms with Crippen LogP contribution in [-0.4, -0.2) is 12.5 Å². The van der Waals surface area contributed by atoms with E-state index in [1.54, 1.807) is 0 Å². The average molecular weight is 296 g/mol. The van der Waals surface area contributed by atoms with Crippen LogP contribution in [0.15, 0.2) is 36.4 Å². The van der Waals surface area contributed by atoms with Crippen LogP contribution in [0.5, 0.6) is 0 Å². The van der Waals surface area contributed by atoms with Crippen LogP contribution in [0.2, 0.25) is 0 Å². The highest BCUT2D eigenvalue weighted by Crippen LogP contribution is 2.21. The van der Waals surface area contributed by atoms with Crippen molar-refractivity contribution in [3.63, 3.8) is 0 Å². The Morgan fingerprint density at radius 3 is 2.23 bits per heavy atom. The van der Waals surface area contributed by atoms with Gasteiger partial charge < -0.3 is 10.6 Å². The minimum atomic E-state index is 0.00243. The van der Waals surface area contributed by atoms with Crippen molar-refractivity contribution >= 4 is 11.6 Å². The van der Waals surface area contributed by atoms with E-state index < -0.39 is 0 Å². The van der Waals surface area contributed by atoms with Gasteiger partial charge in [-0.15, -0.1) is 0 Å².